The summed E-state index contributed by atoms with van der Waals surface area (Å²) in [5.41, 5.74) is 1.58. The lowest BCUT2D eigenvalue weighted by Gasteiger charge is -2.24. The highest BCUT2D eigenvalue weighted by Gasteiger charge is 2.27. The lowest BCUT2D eigenvalue weighted by Crippen LogP contribution is -2.26. The van der Waals surface area contributed by atoms with Crippen LogP contribution in [0.1, 0.15) is 25.3 Å². The maximum absolute atomic E-state index is 12.3. The van der Waals surface area contributed by atoms with Crippen molar-refractivity contribution in [3.63, 3.8) is 0 Å². The summed E-state index contributed by atoms with van der Waals surface area (Å²) in [4.78, 5) is 1.60. The van der Waals surface area contributed by atoms with Gasteiger partial charge in [-0.05, 0) is 25.1 Å². The fourth-order valence-corrected chi connectivity index (χ4v) is 2.12. The number of rotatable bonds is 7. The van der Waals surface area contributed by atoms with Gasteiger partial charge in [0, 0.05) is 36.4 Å². The van der Waals surface area contributed by atoms with E-state index in [-0.39, 0.29) is 6.54 Å². The molecule has 6 heteroatoms. The largest absolute Gasteiger partial charge is 0.390 e. The summed E-state index contributed by atoms with van der Waals surface area (Å²) < 4.78 is 36.9. The van der Waals surface area contributed by atoms with Crippen LogP contribution in [0.5, 0.6) is 0 Å². The minimum absolute atomic E-state index is 0.0787. The second kappa shape index (κ2) is 7.74. The first-order chi connectivity index (χ1) is 9.35. The van der Waals surface area contributed by atoms with Gasteiger partial charge in [0.2, 0.25) is 0 Å². The van der Waals surface area contributed by atoms with Crippen LogP contribution in [0.2, 0.25) is 5.02 Å². The van der Waals surface area contributed by atoms with Crippen molar-refractivity contribution in [2.24, 2.45) is 0 Å². The Morgan fingerprint density at radius 1 is 1.30 bits per heavy atom. The van der Waals surface area contributed by atoms with E-state index in [1.54, 1.807) is 30.1 Å². The topological polar surface area (TPSA) is 15.3 Å². The summed E-state index contributed by atoms with van der Waals surface area (Å²) in [5.74, 6) is 0. The van der Waals surface area contributed by atoms with Gasteiger partial charge in [-0.3, -0.25) is 0 Å². The van der Waals surface area contributed by atoms with Crippen LogP contribution < -0.4 is 10.2 Å². The average molecular weight is 309 g/mol. The number of anilines is 1. The molecular formula is C14H20ClF3N2. The van der Waals surface area contributed by atoms with E-state index in [0.717, 1.165) is 24.2 Å². The predicted octanol–water partition coefficient (Wildman–Crippen LogP) is 4.23. The standard InChI is InChI=1S/C14H20ClF3N2/c1-3-8-19-10-11-12(15)5-4-6-13(11)20(2)9-7-14(16,17)18/h4-6,19H,3,7-10H2,1-2H3. The van der Waals surface area contributed by atoms with E-state index < -0.39 is 12.6 Å². The maximum atomic E-state index is 12.3. The van der Waals surface area contributed by atoms with Crippen LogP contribution in [0, 0.1) is 0 Å². The summed E-state index contributed by atoms with van der Waals surface area (Å²) >= 11 is 6.15. The summed E-state index contributed by atoms with van der Waals surface area (Å²) in [6, 6.07) is 5.31. The van der Waals surface area contributed by atoms with E-state index in [0.29, 0.717) is 11.6 Å². The average Bonchev–Trinajstić information content (AvgIpc) is 2.37. The Bertz CT molecular complexity index is 421. The molecule has 114 valence electrons. The molecule has 0 unspecified atom stereocenters. The quantitative estimate of drug-likeness (QED) is 0.758. The molecule has 0 bridgehead atoms. The fourth-order valence-electron chi connectivity index (χ4n) is 1.88. The lowest BCUT2D eigenvalue weighted by molar-refractivity contribution is -0.132. The molecule has 0 heterocycles. The van der Waals surface area contributed by atoms with Gasteiger partial charge in [0.05, 0.1) is 6.42 Å². The molecular weight excluding hydrogens is 289 g/mol. The molecule has 0 fully saturated rings. The first-order valence-corrected chi connectivity index (χ1v) is 6.99. The van der Waals surface area contributed by atoms with E-state index in [1.807, 2.05) is 0 Å². The third kappa shape index (κ3) is 5.59. The third-order valence-corrected chi connectivity index (χ3v) is 3.32. The van der Waals surface area contributed by atoms with Gasteiger partial charge in [0.1, 0.15) is 0 Å². The molecule has 2 nitrogen and oxygen atoms in total. The Balaban J connectivity index is 2.79. The molecule has 20 heavy (non-hydrogen) atoms. The van der Waals surface area contributed by atoms with Crippen LogP contribution in [-0.4, -0.2) is 26.3 Å². The molecule has 0 amide bonds. The third-order valence-electron chi connectivity index (χ3n) is 2.96. The summed E-state index contributed by atoms with van der Waals surface area (Å²) in [5, 5.41) is 3.80. The second-order valence-electron chi connectivity index (χ2n) is 4.70. The molecule has 0 atom stereocenters. The molecule has 1 N–H and O–H groups in total. The smallest absolute Gasteiger partial charge is 0.374 e. The van der Waals surface area contributed by atoms with E-state index in [9.17, 15) is 13.2 Å². The number of hydrogen-bond acceptors (Lipinski definition) is 2. The molecule has 0 aliphatic heterocycles. The first kappa shape index (κ1) is 17.1. The number of benzene rings is 1. The van der Waals surface area contributed by atoms with Gasteiger partial charge in [0.25, 0.3) is 0 Å². The Morgan fingerprint density at radius 2 is 2.00 bits per heavy atom. The number of halogens is 4. The summed E-state index contributed by atoms with van der Waals surface area (Å²) in [6.45, 7) is 3.37. The molecule has 0 spiro atoms. The molecule has 0 saturated carbocycles. The van der Waals surface area contributed by atoms with Crippen molar-refractivity contribution >= 4 is 17.3 Å². The molecule has 1 rings (SSSR count). The van der Waals surface area contributed by atoms with Gasteiger partial charge in [-0.1, -0.05) is 24.6 Å². The van der Waals surface area contributed by atoms with E-state index in [4.69, 9.17) is 11.6 Å². The minimum Gasteiger partial charge on any atom is -0.374 e. The zero-order chi connectivity index (χ0) is 15.2. The molecule has 1 aromatic carbocycles. The van der Waals surface area contributed by atoms with Crippen LogP contribution in [0.15, 0.2) is 18.2 Å². The Labute approximate surface area is 122 Å². The SMILES string of the molecule is CCCNCc1c(Cl)cccc1N(C)CCC(F)(F)F. The molecule has 0 aliphatic rings. The number of nitrogens with zero attached hydrogens (tertiary/aromatic N) is 1. The van der Waals surface area contributed by atoms with Crippen molar-refractivity contribution in [3.05, 3.63) is 28.8 Å². The highest BCUT2D eigenvalue weighted by Crippen LogP contribution is 2.28. The monoisotopic (exact) mass is 308 g/mol. The van der Waals surface area contributed by atoms with Gasteiger partial charge in [0.15, 0.2) is 0 Å². The second-order valence-corrected chi connectivity index (χ2v) is 5.11. The number of hydrogen-bond donors (Lipinski definition) is 1. The predicted molar refractivity (Wildman–Crippen MR) is 77.4 cm³/mol. The van der Waals surface area contributed by atoms with Crippen molar-refractivity contribution in [2.75, 3.05) is 25.0 Å². The lowest BCUT2D eigenvalue weighted by atomic mass is 10.1. The summed E-state index contributed by atoms with van der Waals surface area (Å²) in [6.07, 6.45) is -3.99. The van der Waals surface area contributed by atoms with E-state index in [1.165, 1.54) is 0 Å². The Morgan fingerprint density at radius 3 is 2.60 bits per heavy atom. The van der Waals surface area contributed by atoms with Crippen LogP contribution in [0.4, 0.5) is 18.9 Å². The molecule has 1 aromatic rings. The van der Waals surface area contributed by atoms with Gasteiger partial charge in [-0.2, -0.15) is 13.2 Å². The van der Waals surface area contributed by atoms with Gasteiger partial charge >= 0.3 is 6.18 Å². The highest BCUT2D eigenvalue weighted by atomic mass is 35.5. The van der Waals surface area contributed by atoms with Crippen molar-refractivity contribution in [2.45, 2.75) is 32.5 Å². The zero-order valence-electron chi connectivity index (χ0n) is 11.7. The van der Waals surface area contributed by atoms with Gasteiger partial charge < -0.3 is 10.2 Å². The molecule has 0 aliphatic carbocycles. The maximum Gasteiger partial charge on any atom is 0.390 e. The normalized spacial score (nSPS) is 11.7. The highest BCUT2D eigenvalue weighted by molar-refractivity contribution is 6.31. The van der Waals surface area contributed by atoms with Crippen LogP contribution in [0.25, 0.3) is 0 Å². The van der Waals surface area contributed by atoms with Crippen LogP contribution >= 0.6 is 11.6 Å². The fraction of sp³-hybridized carbons (Fsp3) is 0.571. The van der Waals surface area contributed by atoms with Crippen molar-refractivity contribution < 1.29 is 13.2 Å². The van der Waals surface area contributed by atoms with Gasteiger partial charge in [-0.15, -0.1) is 0 Å². The summed E-state index contributed by atoms with van der Waals surface area (Å²) in [7, 11) is 1.65. The number of nitrogens with one attached hydrogen (secondary N) is 1. The van der Waals surface area contributed by atoms with Crippen molar-refractivity contribution in [3.8, 4) is 0 Å². The minimum atomic E-state index is -4.15. The molecule has 0 saturated heterocycles. The first-order valence-electron chi connectivity index (χ1n) is 6.61. The van der Waals surface area contributed by atoms with Crippen LogP contribution in [-0.2, 0) is 6.54 Å². The van der Waals surface area contributed by atoms with Crippen LogP contribution in [0.3, 0.4) is 0 Å². The van der Waals surface area contributed by atoms with Gasteiger partial charge in [-0.25, -0.2) is 0 Å². The Hall–Kier alpha value is -0.940. The number of alkyl halides is 3. The van der Waals surface area contributed by atoms with E-state index in [2.05, 4.69) is 12.2 Å². The Kier molecular flexibility index (Phi) is 6.62. The molecule has 0 radical (unpaired) electrons. The van der Waals surface area contributed by atoms with Crippen molar-refractivity contribution in [1.29, 1.82) is 0 Å². The zero-order valence-corrected chi connectivity index (χ0v) is 12.5. The van der Waals surface area contributed by atoms with E-state index >= 15 is 0 Å². The van der Waals surface area contributed by atoms with Crippen molar-refractivity contribution in [1.82, 2.24) is 5.32 Å². The molecule has 0 aromatic heterocycles.